The van der Waals surface area contributed by atoms with E-state index in [1.165, 1.54) is 5.56 Å². The van der Waals surface area contributed by atoms with Gasteiger partial charge in [0.05, 0.1) is 37.0 Å². The predicted molar refractivity (Wildman–Crippen MR) is 97.4 cm³/mol. The van der Waals surface area contributed by atoms with Gasteiger partial charge in [-0.25, -0.2) is 9.78 Å². The molecule has 6 nitrogen and oxygen atoms in total. The molecule has 2 heterocycles. The van der Waals surface area contributed by atoms with Crippen LogP contribution in [0.5, 0.6) is 0 Å². The number of benzene rings is 1. The van der Waals surface area contributed by atoms with Gasteiger partial charge in [-0.05, 0) is 39.3 Å². The summed E-state index contributed by atoms with van der Waals surface area (Å²) in [7, 11) is 0. The van der Waals surface area contributed by atoms with Crippen LogP contribution in [0.1, 0.15) is 37.2 Å². The number of nitrogens with zero attached hydrogens (tertiary/aromatic N) is 3. The molecule has 0 saturated heterocycles. The van der Waals surface area contributed by atoms with Gasteiger partial charge in [-0.1, -0.05) is 17.7 Å². The summed E-state index contributed by atoms with van der Waals surface area (Å²) in [4.78, 5) is 19.0. The Kier molecular flexibility index (Phi) is 5.38. The van der Waals surface area contributed by atoms with Crippen LogP contribution in [0.4, 0.5) is 10.5 Å². The van der Waals surface area contributed by atoms with E-state index in [1.54, 1.807) is 0 Å². The lowest BCUT2D eigenvalue weighted by Gasteiger charge is -2.21. The predicted octanol–water partition coefficient (Wildman–Crippen LogP) is 3.55. The number of nitrogens with one attached hydrogen (secondary N) is 1. The molecule has 1 aliphatic heterocycles. The van der Waals surface area contributed by atoms with Crippen molar-refractivity contribution in [3.05, 3.63) is 47.5 Å². The summed E-state index contributed by atoms with van der Waals surface area (Å²) < 4.78 is 7.84. The Morgan fingerprint density at radius 1 is 1.28 bits per heavy atom. The number of ether oxygens (including phenoxy) is 1. The van der Waals surface area contributed by atoms with Crippen molar-refractivity contribution in [1.29, 1.82) is 0 Å². The van der Waals surface area contributed by atoms with E-state index in [4.69, 9.17) is 4.74 Å². The van der Waals surface area contributed by atoms with Crippen molar-refractivity contribution < 1.29 is 9.53 Å². The molecule has 0 unspecified atom stereocenters. The van der Waals surface area contributed by atoms with Gasteiger partial charge in [0, 0.05) is 18.8 Å². The number of urea groups is 1. The van der Waals surface area contributed by atoms with Gasteiger partial charge in [0.1, 0.15) is 0 Å². The fourth-order valence-electron chi connectivity index (χ4n) is 2.89. The first-order valence-electron chi connectivity index (χ1n) is 8.80. The summed E-state index contributed by atoms with van der Waals surface area (Å²) in [6, 6.07) is 7.77. The van der Waals surface area contributed by atoms with Crippen LogP contribution in [0.25, 0.3) is 0 Å². The molecule has 2 amide bonds. The normalized spacial score (nSPS) is 14.3. The van der Waals surface area contributed by atoms with E-state index in [0.717, 1.165) is 36.6 Å². The lowest BCUT2D eigenvalue weighted by atomic mass is 10.2. The van der Waals surface area contributed by atoms with Crippen LogP contribution < -0.4 is 5.32 Å². The number of hydrogen-bond donors (Lipinski definition) is 1. The maximum atomic E-state index is 12.7. The lowest BCUT2D eigenvalue weighted by Crippen LogP contribution is -2.34. The molecule has 0 saturated carbocycles. The molecular weight excluding hydrogens is 316 g/mol. The van der Waals surface area contributed by atoms with Gasteiger partial charge in [-0.2, -0.15) is 0 Å². The van der Waals surface area contributed by atoms with E-state index in [2.05, 4.69) is 14.9 Å². The third kappa shape index (κ3) is 4.39. The Morgan fingerprint density at radius 3 is 2.76 bits per heavy atom. The van der Waals surface area contributed by atoms with Gasteiger partial charge in [0.2, 0.25) is 0 Å². The molecule has 0 spiro atoms. The second-order valence-electron chi connectivity index (χ2n) is 6.76. The highest BCUT2D eigenvalue weighted by molar-refractivity contribution is 5.89. The zero-order valence-corrected chi connectivity index (χ0v) is 15.2. The van der Waals surface area contributed by atoms with E-state index >= 15 is 0 Å². The molecular formula is C19H26N4O2. The Hall–Kier alpha value is -2.34. The SMILES string of the molecule is Cc1ccc(NC(=O)N2CCCn3cnc(COC(C)C)c3C2)cc1. The number of carbonyl (C=O) groups excluding carboxylic acids is 1. The summed E-state index contributed by atoms with van der Waals surface area (Å²) in [6.45, 7) is 8.68. The molecule has 1 aromatic heterocycles. The smallest absolute Gasteiger partial charge is 0.322 e. The Labute approximate surface area is 148 Å². The van der Waals surface area contributed by atoms with Crippen LogP contribution in [0.15, 0.2) is 30.6 Å². The third-order valence-electron chi connectivity index (χ3n) is 4.34. The standard InChI is InChI=1S/C19H26N4O2/c1-14(2)25-12-17-18-11-22(9-4-10-23(18)13-20-17)19(24)21-16-7-5-15(3)6-8-16/h5-8,13-14H,4,9-12H2,1-3H3,(H,21,24). The molecule has 134 valence electrons. The second-order valence-corrected chi connectivity index (χ2v) is 6.76. The van der Waals surface area contributed by atoms with Crippen molar-refractivity contribution >= 4 is 11.7 Å². The molecule has 1 aromatic carbocycles. The number of amides is 2. The van der Waals surface area contributed by atoms with Gasteiger partial charge in [-0.3, -0.25) is 0 Å². The highest BCUT2D eigenvalue weighted by atomic mass is 16.5. The molecule has 3 rings (SSSR count). The maximum absolute atomic E-state index is 12.7. The summed E-state index contributed by atoms with van der Waals surface area (Å²) in [6.07, 6.45) is 2.93. The average molecular weight is 342 g/mol. The summed E-state index contributed by atoms with van der Waals surface area (Å²) in [5, 5.41) is 2.99. The van der Waals surface area contributed by atoms with Crippen molar-refractivity contribution in [1.82, 2.24) is 14.5 Å². The first-order chi connectivity index (χ1) is 12.0. The Morgan fingerprint density at radius 2 is 2.04 bits per heavy atom. The van der Waals surface area contributed by atoms with Crippen LogP contribution in [0.3, 0.4) is 0 Å². The molecule has 0 fully saturated rings. The van der Waals surface area contributed by atoms with Crippen LogP contribution in [0, 0.1) is 6.92 Å². The Balaban J connectivity index is 1.70. The van der Waals surface area contributed by atoms with Crippen molar-refractivity contribution in [2.75, 3.05) is 11.9 Å². The maximum Gasteiger partial charge on any atom is 0.322 e. The van der Waals surface area contributed by atoms with Crippen molar-refractivity contribution in [2.45, 2.75) is 53.0 Å². The molecule has 0 radical (unpaired) electrons. The van der Waals surface area contributed by atoms with Gasteiger partial charge in [0.15, 0.2) is 0 Å². The number of anilines is 1. The molecule has 2 aromatic rings. The molecule has 0 bridgehead atoms. The highest BCUT2D eigenvalue weighted by Crippen LogP contribution is 2.19. The molecule has 1 aliphatic rings. The number of fused-ring (bicyclic) bond motifs is 1. The van der Waals surface area contributed by atoms with E-state index in [1.807, 2.05) is 56.3 Å². The van der Waals surface area contributed by atoms with Gasteiger partial charge in [-0.15, -0.1) is 0 Å². The van der Waals surface area contributed by atoms with Crippen molar-refractivity contribution in [3.63, 3.8) is 0 Å². The summed E-state index contributed by atoms with van der Waals surface area (Å²) >= 11 is 0. The minimum Gasteiger partial charge on any atom is -0.372 e. The first-order valence-corrected chi connectivity index (χ1v) is 8.80. The third-order valence-corrected chi connectivity index (χ3v) is 4.34. The molecule has 0 aliphatic carbocycles. The minimum absolute atomic E-state index is 0.0748. The van der Waals surface area contributed by atoms with Crippen LogP contribution in [0.2, 0.25) is 0 Å². The number of aryl methyl sites for hydroxylation is 2. The minimum atomic E-state index is -0.0748. The highest BCUT2D eigenvalue weighted by Gasteiger charge is 2.22. The Bertz CT molecular complexity index is 722. The van der Waals surface area contributed by atoms with E-state index in [0.29, 0.717) is 13.2 Å². The fourth-order valence-corrected chi connectivity index (χ4v) is 2.89. The molecule has 6 heteroatoms. The van der Waals surface area contributed by atoms with Crippen molar-refractivity contribution in [3.8, 4) is 0 Å². The fraction of sp³-hybridized carbons (Fsp3) is 0.474. The van der Waals surface area contributed by atoms with E-state index in [-0.39, 0.29) is 12.1 Å². The van der Waals surface area contributed by atoms with Gasteiger partial charge >= 0.3 is 6.03 Å². The molecule has 25 heavy (non-hydrogen) atoms. The quantitative estimate of drug-likeness (QED) is 0.924. The first kappa shape index (κ1) is 17.5. The zero-order chi connectivity index (χ0) is 17.8. The van der Waals surface area contributed by atoms with E-state index in [9.17, 15) is 4.79 Å². The number of carbonyl (C=O) groups is 1. The second kappa shape index (κ2) is 7.70. The largest absolute Gasteiger partial charge is 0.372 e. The topological polar surface area (TPSA) is 59.4 Å². The number of imidazole rings is 1. The lowest BCUT2D eigenvalue weighted by molar-refractivity contribution is 0.0630. The van der Waals surface area contributed by atoms with Gasteiger partial charge in [0.25, 0.3) is 0 Å². The average Bonchev–Trinajstić information content (AvgIpc) is 2.83. The zero-order valence-electron chi connectivity index (χ0n) is 15.2. The van der Waals surface area contributed by atoms with Crippen LogP contribution in [-0.2, 0) is 24.4 Å². The summed E-state index contributed by atoms with van der Waals surface area (Å²) in [5.41, 5.74) is 3.98. The van der Waals surface area contributed by atoms with Crippen molar-refractivity contribution in [2.24, 2.45) is 0 Å². The van der Waals surface area contributed by atoms with E-state index < -0.39 is 0 Å². The molecule has 1 N–H and O–H groups in total. The number of rotatable bonds is 4. The number of hydrogen-bond acceptors (Lipinski definition) is 3. The molecule has 0 atom stereocenters. The summed E-state index contributed by atoms with van der Waals surface area (Å²) in [5.74, 6) is 0. The van der Waals surface area contributed by atoms with Crippen LogP contribution in [-0.4, -0.2) is 33.1 Å². The van der Waals surface area contributed by atoms with Crippen LogP contribution >= 0.6 is 0 Å². The van der Waals surface area contributed by atoms with Gasteiger partial charge < -0.3 is 19.5 Å². The number of aromatic nitrogens is 2. The monoisotopic (exact) mass is 342 g/mol.